The highest BCUT2D eigenvalue weighted by atomic mass is 35.5. The number of nitro groups is 1. The Morgan fingerprint density at radius 1 is 1.23 bits per heavy atom. The predicted octanol–water partition coefficient (Wildman–Crippen LogP) is 4.66. The Morgan fingerprint density at radius 3 is 2.80 bits per heavy atom. The zero-order valence-electron chi connectivity index (χ0n) is 15.2. The van der Waals surface area contributed by atoms with E-state index in [-0.39, 0.29) is 16.4 Å². The van der Waals surface area contributed by atoms with Crippen LogP contribution < -0.4 is 10.1 Å². The van der Waals surface area contributed by atoms with Crippen molar-refractivity contribution in [2.45, 2.75) is 6.61 Å². The van der Waals surface area contributed by atoms with E-state index in [4.69, 9.17) is 21.1 Å². The molecule has 1 aromatic heterocycles. The summed E-state index contributed by atoms with van der Waals surface area (Å²) in [7, 11) is 0. The lowest BCUT2D eigenvalue weighted by molar-refractivity contribution is -0.384. The monoisotopic (exact) mass is 444 g/mol. The van der Waals surface area contributed by atoms with Gasteiger partial charge in [-0.3, -0.25) is 14.9 Å². The molecule has 4 rings (SSSR count). The molecule has 0 spiro atoms. The zero-order valence-corrected chi connectivity index (χ0v) is 16.8. The molecule has 0 atom stereocenters. The highest BCUT2D eigenvalue weighted by molar-refractivity contribution is 7.17. The number of carbonyl (C=O) groups is 2. The second-order valence-electron chi connectivity index (χ2n) is 6.30. The van der Waals surface area contributed by atoms with Crippen LogP contribution in [0, 0.1) is 10.1 Å². The van der Waals surface area contributed by atoms with Crippen molar-refractivity contribution < 1.29 is 24.0 Å². The molecular formula is C20H13ClN2O6S. The number of hydrogen-bond donors (Lipinski definition) is 1. The second kappa shape index (κ2) is 8.13. The van der Waals surface area contributed by atoms with Crippen LogP contribution in [0.1, 0.15) is 15.2 Å². The molecule has 1 amide bonds. The van der Waals surface area contributed by atoms with Crippen LogP contribution in [0.5, 0.6) is 5.75 Å². The van der Waals surface area contributed by atoms with Crippen LogP contribution in [-0.4, -0.2) is 23.4 Å². The van der Waals surface area contributed by atoms with E-state index in [1.807, 2.05) is 24.3 Å². The van der Waals surface area contributed by atoms with Crippen LogP contribution in [0.3, 0.4) is 0 Å². The first kappa shape index (κ1) is 19.9. The van der Waals surface area contributed by atoms with Gasteiger partial charge in [0.1, 0.15) is 17.2 Å². The molecule has 0 saturated heterocycles. The summed E-state index contributed by atoms with van der Waals surface area (Å²) in [5, 5.41) is 13.2. The minimum Gasteiger partial charge on any atom is -0.488 e. The smallest absolute Gasteiger partial charge is 0.348 e. The maximum atomic E-state index is 12.4. The van der Waals surface area contributed by atoms with E-state index in [2.05, 4.69) is 5.32 Å². The highest BCUT2D eigenvalue weighted by Crippen LogP contribution is 2.42. The van der Waals surface area contributed by atoms with Crippen molar-refractivity contribution in [3.63, 3.8) is 0 Å². The van der Waals surface area contributed by atoms with Crippen molar-refractivity contribution in [2.24, 2.45) is 0 Å². The Bertz CT molecular complexity index is 1180. The highest BCUT2D eigenvalue weighted by Gasteiger charge is 2.23. The van der Waals surface area contributed by atoms with E-state index in [1.165, 1.54) is 23.5 Å². The number of carbonyl (C=O) groups excluding carboxylic acids is 2. The molecule has 0 bridgehead atoms. The number of nitro benzene ring substituents is 1. The van der Waals surface area contributed by atoms with Crippen LogP contribution in [0.25, 0.3) is 10.4 Å². The van der Waals surface area contributed by atoms with Gasteiger partial charge in [-0.15, -0.1) is 11.3 Å². The summed E-state index contributed by atoms with van der Waals surface area (Å²) in [6.07, 6.45) is 0. The molecule has 0 unspecified atom stereocenters. The van der Waals surface area contributed by atoms with Crippen molar-refractivity contribution >= 4 is 46.2 Å². The molecule has 10 heteroatoms. The molecule has 2 aromatic carbocycles. The van der Waals surface area contributed by atoms with E-state index in [9.17, 15) is 19.7 Å². The maximum Gasteiger partial charge on any atom is 0.348 e. The number of anilines is 1. The fraction of sp³-hybridized carbons (Fsp3) is 0.100. The number of amides is 1. The first-order valence-corrected chi connectivity index (χ1v) is 9.87. The number of nitrogens with one attached hydrogen (secondary N) is 1. The summed E-state index contributed by atoms with van der Waals surface area (Å²) in [6, 6.07) is 12.9. The third-order valence-corrected chi connectivity index (χ3v) is 5.80. The second-order valence-corrected chi connectivity index (χ2v) is 7.75. The van der Waals surface area contributed by atoms with Gasteiger partial charge >= 0.3 is 5.97 Å². The first-order valence-electron chi connectivity index (χ1n) is 8.68. The van der Waals surface area contributed by atoms with Crippen LogP contribution in [0.2, 0.25) is 5.02 Å². The number of esters is 1. The molecule has 2 heterocycles. The molecule has 152 valence electrons. The number of nitrogens with zero attached hydrogens (tertiary/aromatic N) is 1. The number of para-hydroxylation sites is 1. The molecule has 1 aliphatic rings. The fourth-order valence-corrected chi connectivity index (χ4v) is 4.22. The zero-order chi connectivity index (χ0) is 21.3. The van der Waals surface area contributed by atoms with Crippen LogP contribution in [-0.2, 0) is 16.1 Å². The van der Waals surface area contributed by atoms with Gasteiger partial charge in [-0.1, -0.05) is 23.7 Å². The quantitative estimate of drug-likeness (QED) is 0.348. The van der Waals surface area contributed by atoms with Gasteiger partial charge in [-0.2, -0.15) is 0 Å². The molecule has 1 aliphatic heterocycles. The average molecular weight is 445 g/mol. The Hall–Kier alpha value is -3.43. The molecule has 30 heavy (non-hydrogen) atoms. The van der Waals surface area contributed by atoms with Crippen molar-refractivity contribution in [3.8, 4) is 16.2 Å². The minimum atomic E-state index is -0.628. The van der Waals surface area contributed by atoms with E-state index in [0.29, 0.717) is 11.5 Å². The summed E-state index contributed by atoms with van der Waals surface area (Å²) in [6.45, 7) is -0.170. The van der Waals surface area contributed by atoms with Gasteiger partial charge in [-0.25, -0.2) is 4.79 Å². The number of hydrogen-bond acceptors (Lipinski definition) is 7. The first-order chi connectivity index (χ1) is 14.4. The molecule has 0 radical (unpaired) electrons. The molecule has 8 nitrogen and oxygen atoms in total. The van der Waals surface area contributed by atoms with Crippen LogP contribution >= 0.6 is 22.9 Å². The third kappa shape index (κ3) is 3.98. The Labute approximate surface area is 179 Å². The van der Waals surface area contributed by atoms with Crippen LogP contribution in [0.4, 0.5) is 11.4 Å². The van der Waals surface area contributed by atoms with Gasteiger partial charge in [0.15, 0.2) is 6.61 Å². The van der Waals surface area contributed by atoms with Crippen molar-refractivity contribution in [1.82, 2.24) is 0 Å². The van der Waals surface area contributed by atoms with E-state index >= 15 is 0 Å². The average Bonchev–Trinajstić information content (AvgIpc) is 3.18. The Morgan fingerprint density at radius 2 is 2.03 bits per heavy atom. The van der Waals surface area contributed by atoms with E-state index in [1.54, 1.807) is 6.07 Å². The summed E-state index contributed by atoms with van der Waals surface area (Å²) in [5.74, 6) is -0.489. The van der Waals surface area contributed by atoms with E-state index in [0.717, 1.165) is 27.8 Å². The summed E-state index contributed by atoms with van der Waals surface area (Å²) in [4.78, 5) is 35.9. The third-order valence-electron chi connectivity index (χ3n) is 4.30. The predicted molar refractivity (Wildman–Crippen MR) is 111 cm³/mol. The molecule has 3 aromatic rings. The fourth-order valence-electron chi connectivity index (χ4n) is 2.91. The number of fused-ring (bicyclic) bond motifs is 3. The number of non-ortho nitro benzene ring substituents is 1. The van der Waals surface area contributed by atoms with Crippen LogP contribution in [0.15, 0.2) is 48.5 Å². The summed E-state index contributed by atoms with van der Waals surface area (Å²) < 4.78 is 10.8. The number of halogens is 1. The SMILES string of the molecule is O=C(COC(=O)c1cc2c(s1)-c1ccccc1OC2)Nc1ccc([N+](=O)[O-])cc1Cl. The number of benzene rings is 2. The normalized spacial score (nSPS) is 11.6. The van der Waals surface area contributed by atoms with Gasteiger partial charge in [0.25, 0.3) is 11.6 Å². The molecule has 0 aliphatic carbocycles. The molecular weight excluding hydrogens is 432 g/mol. The minimum absolute atomic E-state index is 0.00785. The van der Waals surface area contributed by atoms with Gasteiger partial charge < -0.3 is 14.8 Å². The Kier molecular flexibility index (Phi) is 5.39. The number of rotatable bonds is 5. The van der Waals surface area contributed by atoms with Gasteiger partial charge in [0.05, 0.1) is 15.6 Å². The topological polar surface area (TPSA) is 108 Å². The summed E-state index contributed by atoms with van der Waals surface area (Å²) >= 11 is 7.22. The van der Waals surface area contributed by atoms with E-state index < -0.39 is 23.4 Å². The lowest BCUT2D eigenvalue weighted by atomic mass is 10.1. The van der Waals surface area contributed by atoms with Crippen molar-refractivity contribution in [1.29, 1.82) is 0 Å². The van der Waals surface area contributed by atoms with Gasteiger partial charge in [-0.05, 0) is 24.3 Å². The van der Waals surface area contributed by atoms with Gasteiger partial charge in [0.2, 0.25) is 0 Å². The maximum absolute atomic E-state index is 12.4. The Balaban J connectivity index is 1.39. The lowest BCUT2D eigenvalue weighted by Gasteiger charge is -2.16. The molecule has 0 fully saturated rings. The van der Waals surface area contributed by atoms with Crippen molar-refractivity contribution in [3.05, 3.63) is 74.1 Å². The lowest BCUT2D eigenvalue weighted by Crippen LogP contribution is -2.20. The number of thiophene rings is 1. The summed E-state index contributed by atoms with van der Waals surface area (Å²) in [5.41, 5.74) is 1.78. The largest absolute Gasteiger partial charge is 0.488 e. The standard InChI is InChI=1S/C20H13ClN2O6S/c21-14-8-12(23(26)27)5-6-15(14)22-18(24)10-29-20(25)17-7-11-9-28-16-4-2-1-3-13(16)19(11)30-17/h1-8H,9-10H2,(H,22,24). The number of ether oxygens (including phenoxy) is 2. The van der Waals surface area contributed by atoms with Gasteiger partial charge in [0, 0.05) is 28.1 Å². The van der Waals surface area contributed by atoms with Crippen molar-refractivity contribution in [2.75, 3.05) is 11.9 Å². The molecule has 0 saturated carbocycles. The molecule has 1 N–H and O–H groups in total.